The van der Waals surface area contributed by atoms with Crippen molar-refractivity contribution < 1.29 is 17.9 Å². The average Bonchev–Trinajstić information content (AvgIpc) is 2.30. The molecular weight excluding hydrogens is 247 g/mol. The monoisotopic (exact) mass is 263 g/mol. The number of halogens is 3. The summed E-state index contributed by atoms with van der Waals surface area (Å²) in [5.74, 6) is 0.484. The number of anilines is 1. The van der Waals surface area contributed by atoms with Crippen LogP contribution >= 0.6 is 0 Å². The van der Waals surface area contributed by atoms with Crippen LogP contribution in [0.2, 0.25) is 0 Å². The number of alkyl halides is 3. The maximum absolute atomic E-state index is 12.5. The first kappa shape index (κ1) is 14.5. The van der Waals surface area contributed by atoms with Crippen molar-refractivity contribution in [3.05, 3.63) is 11.9 Å². The number of ether oxygens (including phenoxy) is 1. The van der Waals surface area contributed by atoms with Crippen LogP contribution in [0.3, 0.4) is 0 Å². The molecule has 4 nitrogen and oxygen atoms in total. The fourth-order valence-electron chi connectivity index (χ4n) is 1.42. The molecule has 0 aliphatic carbocycles. The zero-order chi connectivity index (χ0) is 13.8. The maximum Gasteiger partial charge on any atom is 0.425 e. The largest absolute Gasteiger partial charge is 0.465 e. The summed E-state index contributed by atoms with van der Waals surface area (Å²) < 4.78 is 42.2. The van der Waals surface area contributed by atoms with Gasteiger partial charge in [0, 0.05) is 7.05 Å². The van der Waals surface area contributed by atoms with Gasteiger partial charge in [0.25, 0.3) is 0 Å². The predicted molar refractivity (Wildman–Crippen MR) is 61.7 cm³/mol. The number of aromatic nitrogens is 2. The maximum atomic E-state index is 12.5. The lowest BCUT2D eigenvalue weighted by molar-refractivity contribution is -0.190. The van der Waals surface area contributed by atoms with Gasteiger partial charge in [0.1, 0.15) is 12.1 Å². The van der Waals surface area contributed by atoms with E-state index in [2.05, 4.69) is 15.3 Å². The minimum atomic E-state index is -4.41. The minimum absolute atomic E-state index is 0.0129. The van der Waals surface area contributed by atoms with Crippen LogP contribution < -0.4 is 10.1 Å². The zero-order valence-electron chi connectivity index (χ0n) is 10.5. The van der Waals surface area contributed by atoms with E-state index >= 15 is 0 Å². The number of nitrogens with one attached hydrogen (secondary N) is 1. The van der Waals surface area contributed by atoms with Crippen LogP contribution in [-0.4, -0.2) is 29.3 Å². The van der Waals surface area contributed by atoms with Crippen LogP contribution in [0, 0.1) is 0 Å². The molecule has 0 aliphatic rings. The van der Waals surface area contributed by atoms with Crippen molar-refractivity contribution in [3.8, 4) is 5.88 Å². The van der Waals surface area contributed by atoms with Crippen LogP contribution in [0.15, 0.2) is 6.33 Å². The first-order valence-corrected chi connectivity index (χ1v) is 5.65. The molecule has 0 amide bonds. The SMILES string of the molecule is CCCc1c(NC)ncnc1OC(C)C(F)(F)F. The highest BCUT2D eigenvalue weighted by Gasteiger charge is 2.38. The Bertz CT molecular complexity index is 396. The Hall–Kier alpha value is -1.53. The Labute approximate surface area is 104 Å². The number of nitrogens with zero attached hydrogens (tertiary/aromatic N) is 2. The van der Waals surface area contributed by atoms with E-state index in [9.17, 15) is 13.2 Å². The molecule has 1 atom stereocenters. The molecule has 1 rings (SSSR count). The fraction of sp³-hybridized carbons (Fsp3) is 0.636. The van der Waals surface area contributed by atoms with E-state index in [0.717, 1.165) is 13.3 Å². The van der Waals surface area contributed by atoms with Crippen LogP contribution in [0.1, 0.15) is 25.8 Å². The van der Waals surface area contributed by atoms with E-state index in [4.69, 9.17) is 4.74 Å². The van der Waals surface area contributed by atoms with Gasteiger partial charge in [-0.3, -0.25) is 0 Å². The molecule has 0 saturated carbocycles. The summed E-state index contributed by atoms with van der Waals surface area (Å²) in [4.78, 5) is 7.75. The molecule has 0 spiro atoms. The van der Waals surface area contributed by atoms with Crippen molar-refractivity contribution in [3.63, 3.8) is 0 Å². The Morgan fingerprint density at radius 3 is 2.56 bits per heavy atom. The molecule has 102 valence electrons. The molecule has 1 heterocycles. The molecule has 1 N–H and O–H groups in total. The van der Waals surface area contributed by atoms with Gasteiger partial charge in [-0.05, 0) is 13.3 Å². The van der Waals surface area contributed by atoms with Gasteiger partial charge in [0.2, 0.25) is 5.88 Å². The number of rotatable bonds is 5. The van der Waals surface area contributed by atoms with Crippen molar-refractivity contribution in [1.29, 1.82) is 0 Å². The topological polar surface area (TPSA) is 47.0 Å². The molecule has 0 radical (unpaired) electrons. The minimum Gasteiger partial charge on any atom is -0.465 e. The van der Waals surface area contributed by atoms with E-state index in [1.165, 1.54) is 6.33 Å². The fourth-order valence-corrected chi connectivity index (χ4v) is 1.42. The Morgan fingerprint density at radius 1 is 1.39 bits per heavy atom. The third-order valence-corrected chi connectivity index (χ3v) is 2.39. The summed E-state index contributed by atoms with van der Waals surface area (Å²) in [6.07, 6.45) is -3.80. The molecule has 0 aliphatic heterocycles. The van der Waals surface area contributed by atoms with Gasteiger partial charge in [0.15, 0.2) is 6.10 Å². The van der Waals surface area contributed by atoms with Crippen molar-refractivity contribution in [2.45, 2.75) is 39.0 Å². The van der Waals surface area contributed by atoms with E-state index in [-0.39, 0.29) is 5.88 Å². The molecule has 1 unspecified atom stereocenters. The van der Waals surface area contributed by atoms with Gasteiger partial charge in [-0.1, -0.05) is 13.3 Å². The second-order valence-corrected chi connectivity index (χ2v) is 3.81. The normalized spacial score (nSPS) is 13.2. The first-order chi connectivity index (χ1) is 8.40. The Morgan fingerprint density at radius 2 is 2.06 bits per heavy atom. The van der Waals surface area contributed by atoms with Gasteiger partial charge in [-0.2, -0.15) is 13.2 Å². The quantitative estimate of drug-likeness (QED) is 0.887. The summed E-state index contributed by atoms with van der Waals surface area (Å²) in [5, 5.41) is 2.82. The van der Waals surface area contributed by atoms with Crippen LogP contribution in [0.4, 0.5) is 19.0 Å². The highest BCUT2D eigenvalue weighted by molar-refractivity contribution is 5.48. The third kappa shape index (κ3) is 3.48. The van der Waals surface area contributed by atoms with Gasteiger partial charge in [-0.15, -0.1) is 0 Å². The van der Waals surface area contributed by atoms with Crippen molar-refractivity contribution in [1.82, 2.24) is 9.97 Å². The molecular formula is C11H16F3N3O. The van der Waals surface area contributed by atoms with Crippen LogP contribution in [-0.2, 0) is 6.42 Å². The Kier molecular flexibility index (Phi) is 4.75. The van der Waals surface area contributed by atoms with Crippen molar-refractivity contribution >= 4 is 5.82 Å². The van der Waals surface area contributed by atoms with E-state index in [1.54, 1.807) is 7.05 Å². The van der Waals surface area contributed by atoms with Gasteiger partial charge < -0.3 is 10.1 Å². The van der Waals surface area contributed by atoms with E-state index < -0.39 is 12.3 Å². The molecule has 0 fully saturated rings. The summed E-state index contributed by atoms with van der Waals surface area (Å²) in [6.45, 7) is 2.88. The highest BCUT2D eigenvalue weighted by Crippen LogP contribution is 2.28. The van der Waals surface area contributed by atoms with Gasteiger partial charge >= 0.3 is 6.18 Å². The van der Waals surface area contributed by atoms with Crippen molar-refractivity contribution in [2.75, 3.05) is 12.4 Å². The molecule has 0 bridgehead atoms. The molecule has 0 aromatic carbocycles. The predicted octanol–water partition coefficient (Wildman–Crippen LogP) is 2.80. The van der Waals surface area contributed by atoms with Gasteiger partial charge in [-0.25, -0.2) is 9.97 Å². The number of hydrogen-bond acceptors (Lipinski definition) is 4. The summed E-state index contributed by atoms with van der Waals surface area (Å²) in [5.41, 5.74) is 0.568. The van der Waals surface area contributed by atoms with E-state index in [0.29, 0.717) is 17.8 Å². The second-order valence-electron chi connectivity index (χ2n) is 3.81. The molecule has 1 aromatic rings. The first-order valence-electron chi connectivity index (χ1n) is 5.65. The smallest absolute Gasteiger partial charge is 0.425 e. The van der Waals surface area contributed by atoms with Crippen molar-refractivity contribution in [2.24, 2.45) is 0 Å². The highest BCUT2D eigenvalue weighted by atomic mass is 19.4. The number of hydrogen-bond donors (Lipinski definition) is 1. The van der Waals surface area contributed by atoms with Crippen LogP contribution in [0.5, 0.6) is 5.88 Å². The standard InChI is InChI=1S/C11H16F3N3O/c1-4-5-8-9(15-3)16-6-17-10(8)18-7(2)11(12,13)14/h6-7H,4-5H2,1-3H3,(H,15,16,17). The summed E-state index contributed by atoms with van der Waals surface area (Å²) >= 11 is 0. The molecule has 1 aromatic heterocycles. The van der Waals surface area contributed by atoms with Gasteiger partial charge in [0.05, 0.1) is 5.56 Å². The molecule has 0 saturated heterocycles. The van der Waals surface area contributed by atoms with Crippen LogP contribution in [0.25, 0.3) is 0 Å². The average molecular weight is 263 g/mol. The third-order valence-electron chi connectivity index (χ3n) is 2.39. The summed E-state index contributed by atoms with van der Waals surface area (Å²) in [7, 11) is 1.65. The Balaban J connectivity index is 3.01. The molecule has 18 heavy (non-hydrogen) atoms. The lowest BCUT2D eigenvalue weighted by Crippen LogP contribution is -2.31. The lowest BCUT2D eigenvalue weighted by Gasteiger charge is -2.19. The van der Waals surface area contributed by atoms with E-state index in [1.807, 2.05) is 6.92 Å². The second kappa shape index (κ2) is 5.88. The molecule has 7 heteroatoms. The lowest BCUT2D eigenvalue weighted by atomic mass is 10.1. The summed E-state index contributed by atoms with van der Waals surface area (Å²) in [6, 6.07) is 0. The zero-order valence-corrected chi connectivity index (χ0v) is 10.5.